The highest BCUT2D eigenvalue weighted by molar-refractivity contribution is 14.1. The summed E-state index contributed by atoms with van der Waals surface area (Å²) in [6.45, 7) is 1.44. The standard InChI is InChI=1S/C18H14IN3O2S/c1-11(23)20-15-8-4-13(5-9-15)17(24)22-18-21-16(10-25-18)12-2-6-14(19)7-3-12/h2-10H,1H3,(H,20,23)(H,21,22,24). The average molecular weight is 463 g/mol. The quantitative estimate of drug-likeness (QED) is 0.555. The second-order valence-corrected chi connectivity index (χ2v) is 7.36. The summed E-state index contributed by atoms with van der Waals surface area (Å²) in [6.07, 6.45) is 0. The maximum atomic E-state index is 12.3. The molecule has 0 aliphatic carbocycles. The van der Waals surface area contributed by atoms with Crippen LogP contribution in [0.2, 0.25) is 0 Å². The van der Waals surface area contributed by atoms with Crippen LogP contribution < -0.4 is 10.6 Å². The van der Waals surface area contributed by atoms with Gasteiger partial charge >= 0.3 is 0 Å². The summed E-state index contributed by atoms with van der Waals surface area (Å²) >= 11 is 3.64. The van der Waals surface area contributed by atoms with Crippen LogP contribution in [0.25, 0.3) is 11.3 Å². The molecule has 0 saturated heterocycles. The number of aromatic nitrogens is 1. The van der Waals surface area contributed by atoms with E-state index in [4.69, 9.17) is 0 Å². The number of hydrogen-bond acceptors (Lipinski definition) is 4. The van der Waals surface area contributed by atoms with Crippen molar-refractivity contribution < 1.29 is 9.59 Å². The van der Waals surface area contributed by atoms with Crippen LogP contribution >= 0.6 is 33.9 Å². The van der Waals surface area contributed by atoms with Gasteiger partial charge in [-0.05, 0) is 59.0 Å². The molecule has 0 atom stereocenters. The lowest BCUT2D eigenvalue weighted by Gasteiger charge is -2.04. The van der Waals surface area contributed by atoms with Gasteiger partial charge in [0.2, 0.25) is 5.91 Å². The smallest absolute Gasteiger partial charge is 0.257 e. The highest BCUT2D eigenvalue weighted by Gasteiger charge is 2.10. The number of halogens is 1. The number of rotatable bonds is 4. The van der Waals surface area contributed by atoms with Crippen molar-refractivity contribution in [3.63, 3.8) is 0 Å². The van der Waals surface area contributed by atoms with Gasteiger partial charge in [0, 0.05) is 32.7 Å². The van der Waals surface area contributed by atoms with Crippen LogP contribution in [0.5, 0.6) is 0 Å². The molecule has 0 fully saturated rings. The fourth-order valence-corrected chi connectivity index (χ4v) is 3.24. The van der Waals surface area contributed by atoms with Crippen molar-refractivity contribution in [3.05, 3.63) is 63.0 Å². The number of carbonyl (C=O) groups excluding carboxylic acids is 2. The fraction of sp³-hybridized carbons (Fsp3) is 0.0556. The number of benzene rings is 2. The first-order valence-electron chi connectivity index (χ1n) is 7.42. The zero-order valence-electron chi connectivity index (χ0n) is 13.2. The van der Waals surface area contributed by atoms with Crippen molar-refractivity contribution in [2.45, 2.75) is 6.92 Å². The van der Waals surface area contributed by atoms with Gasteiger partial charge in [-0.2, -0.15) is 0 Å². The lowest BCUT2D eigenvalue weighted by molar-refractivity contribution is -0.114. The molecule has 0 unspecified atom stereocenters. The molecule has 1 heterocycles. The zero-order valence-corrected chi connectivity index (χ0v) is 16.2. The summed E-state index contributed by atoms with van der Waals surface area (Å²) in [5, 5.41) is 7.92. The maximum absolute atomic E-state index is 12.3. The van der Waals surface area contributed by atoms with Crippen molar-refractivity contribution >= 4 is 56.6 Å². The first-order chi connectivity index (χ1) is 12.0. The lowest BCUT2D eigenvalue weighted by Crippen LogP contribution is -2.12. The summed E-state index contributed by atoms with van der Waals surface area (Å²) in [5.41, 5.74) is 2.99. The molecule has 0 aliphatic rings. The van der Waals surface area contributed by atoms with E-state index in [9.17, 15) is 9.59 Å². The van der Waals surface area contributed by atoms with Gasteiger partial charge in [0.05, 0.1) is 5.69 Å². The van der Waals surface area contributed by atoms with E-state index < -0.39 is 0 Å². The normalized spacial score (nSPS) is 10.3. The topological polar surface area (TPSA) is 71.1 Å². The molecule has 7 heteroatoms. The third-order valence-corrected chi connectivity index (χ3v) is 4.81. The molecule has 126 valence electrons. The molecular weight excluding hydrogens is 449 g/mol. The monoisotopic (exact) mass is 463 g/mol. The predicted molar refractivity (Wildman–Crippen MR) is 109 cm³/mol. The molecule has 3 rings (SSSR count). The second kappa shape index (κ2) is 7.75. The van der Waals surface area contributed by atoms with Crippen LogP contribution in [0.1, 0.15) is 17.3 Å². The first-order valence-corrected chi connectivity index (χ1v) is 9.37. The molecule has 2 N–H and O–H groups in total. The Balaban J connectivity index is 1.69. The van der Waals surface area contributed by atoms with Crippen LogP contribution in [-0.2, 0) is 4.79 Å². The van der Waals surface area contributed by atoms with Gasteiger partial charge in [0.1, 0.15) is 0 Å². The number of hydrogen-bond donors (Lipinski definition) is 2. The Bertz CT molecular complexity index is 905. The fourth-order valence-electron chi connectivity index (χ4n) is 2.16. The molecule has 5 nitrogen and oxygen atoms in total. The van der Waals surface area contributed by atoms with Crippen molar-refractivity contribution in [2.75, 3.05) is 10.6 Å². The van der Waals surface area contributed by atoms with Gasteiger partial charge in [-0.3, -0.25) is 14.9 Å². The van der Waals surface area contributed by atoms with E-state index in [1.807, 2.05) is 29.6 Å². The SMILES string of the molecule is CC(=O)Nc1ccc(C(=O)Nc2nc(-c3ccc(I)cc3)cs2)cc1. The highest BCUT2D eigenvalue weighted by Crippen LogP contribution is 2.25. The Morgan fingerprint density at radius 1 is 1.00 bits per heavy atom. The zero-order chi connectivity index (χ0) is 17.8. The Morgan fingerprint density at radius 3 is 2.32 bits per heavy atom. The third-order valence-electron chi connectivity index (χ3n) is 3.33. The number of amides is 2. The van der Waals surface area contributed by atoms with Gasteiger partial charge in [-0.25, -0.2) is 4.98 Å². The van der Waals surface area contributed by atoms with E-state index >= 15 is 0 Å². The van der Waals surface area contributed by atoms with Gasteiger partial charge in [-0.1, -0.05) is 12.1 Å². The Hall–Kier alpha value is -2.26. The van der Waals surface area contributed by atoms with Crippen molar-refractivity contribution in [3.8, 4) is 11.3 Å². The Labute approximate surface area is 162 Å². The maximum Gasteiger partial charge on any atom is 0.257 e. The highest BCUT2D eigenvalue weighted by atomic mass is 127. The van der Waals surface area contributed by atoms with E-state index in [2.05, 4.69) is 38.2 Å². The van der Waals surface area contributed by atoms with Gasteiger partial charge in [0.15, 0.2) is 5.13 Å². The van der Waals surface area contributed by atoms with E-state index in [1.165, 1.54) is 18.3 Å². The molecule has 3 aromatic rings. The Morgan fingerprint density at radius 2 is 1.68 bits per heavy atom. The minimum atomic E-state index is -0.238. The van der Waals surface area contributed by atoms with Crippen molar-refractivity contribution in [2.24, 2.45) is 0 Å². The number of nitrogens with zero attached hydrogens (tertiary/aromatic N) is 1. The van der Waals surface area contributed by atoms with Gasteiger partial charge < -0.3 is 5.32 Å². The van der Waals surface area contributed by atoms with Crippen LogP contribution in [0.3, 0.4) is 0 Å². The number of nitrogens with one attached hydrogen (secondary N) is 2. The first kappa shape index (κ1) is 17.6. The molecule has 1 aromatic heterocycles. The second-order valence-electron chi connectivity index (χ2n) is 5.26. The van der Waals surface area contributed by atoms with E-state index in [-0.39, 0.29) is 11.8 Å². The molecule has 0 bridgehead atoms. The Kier molecular flexibility index (Phi) is 5.44. The molecule has 0 spiro atoms. The van der Waals surface area contributed by atoms with E-state index in [0.717, 1.165) is 14.8 Å². The van der Waals surface area contributed by atoms with Crippen LogP contribution in [0.15, 0.2) is 53.9 Å². The largest absolute Gasteiger partial charge is 0.326 e. The summed E-state index contributed by atoms with van der Waals surface area (Å²) in [5.74, 6) is -0.388. The molecular formula is C18H14IN3O2S. The van der Waals surface area contributed by atoms with Crippen molar-refractivity contribution in [1.29, 1.82) is 0 Å². The predicted octanol–water partition coefficient (Wildman–Crippen LogP) is 4.63. The minimum absolute atomic E-state index is 0.150. The summed E-state index contributed by atoms with van der Waals surface area (Å²) < 4.78 is 1.16. The summed E-state index contributed by atoms with van der Waals surface area (Å²) in [4.78, 5) is 27.8. The summed E-state index contributed by atoms with van der Waals surface area (Å²) in [6, 6.07) is 14.7. The number of carbonyl (C=O) groups is 2. The number of thiazole rings is 1. The van der Waals surface area contributed by atoms with Gasteiger partial charge in [-0.15, -0.1) is 11.3 Å². The molecule has 2 amide bonds. The summed E-state index contributed by atoms with van der Waals surface area (Å²) in [7, 11) is 0. The molecule has 2 aromatic carbocycles. The number of anilines is 2. The molecule has 25 heavy (non-hydrogen) atoms. The van der Waals surface area contributed by atoms with Crippen LogP contribution in [0.4, 0.5) is 10.8 Å². The van der Waals surface area contributed by atoms with E-state index in [1.54, 1.807) is 24.3 Å². The molecule has 0 radical (unpaired) electrons. The van der Waals surface area contributed by atoms with Crippen LogP contribution in [-0.4, -0.2) is 16.8 Å². The lowest BCUT2D eigenvalue weighted by atomic mass is 10.2. The van der Waals surface area contributed by atoms with Gasteiger partial charge in [0.25, 0.3) is 5.91 Å². The molecule has 0 saturated carbocycles. The third kappa shape index (κ3) is 4.64. The van der Waals surface area contributed by atoms with Crippen molar-refractivity contribution in [1.82, 2.24) is 4.98 Å². The van der Waals surface area contributed by atoms with E-state index in [0.29, 0.717) is 16.4 Å². The molecule has 0 aliphatic heterocycles. The van der Waals surface area contributed by atoms with Crippen LogP contribution in [0, 0.1) is 3.57 Å². The average Bonchev–Trinajstić information content (AvgIpc) is 3.04. The minimum Gasteiger partial charge on any atom is -0.326 e.